The molecule has 1 aliphatic heterocycles. The van der Waals surface area contributed by atoms with Crippen LogP contribution in [0.4, 0.5) is 0 Å². The molecule has 140 valence electrons. The molecule has 2 N–H and O–H groups in total. The maximum Gasteiger partial charge on any atom is 0.124 e. The summed E-state index contributed by atoms with van der Waals surface area (Å²) in [6, 6.07) is 13.9. The summed E-state index contributed by atoms with van der Waals surface area (Å²) >= 11 is 9.50. The highest BCUT2D eigenvalue weighted by molar-refractivity contribution is 9.10. The number of halogens is 2. The Morgan fingerprint density at radius 2 is 1.88 bits per heavy atom. The van der Waals surface area contributed by atoms with Crippen LogP contribution in [-0.4, -0.2) is 44.2 Å². The Hall–Kier alpha value is -1.11. The fourth-order valence-electron chi connectivity index (χ4n) is 2.96. The van der Waals surface area contributed by atoms with E-state index in [1.807, 2.05) is 36.4 Å². The molecule has 0 atom stereocenters. The molecule has 2 aromatic rings. The van der Waals surface area contributed by atoms with Crippen molar-refractivity contribution in [1.29, 1.82) is 0 Å². The monoisotopic (exact) mass is 437 g/mol. The van der Waals surface area contributed by atoms with Crippen molar-refractivity contribution >= 4 is 27.5 Å². The first-order valence-electron chi connectivity index (χ1n) is 9.00. The zero-order chi connectivity index (χ0) is 18.2. The SMILES string of the molecule is Clc1ccc(COc2ccc(Br)cc2CNCCN2CCNCC2)cc1. The van der Waals surface area contributed by atoms with Crippen LogP contribution in [0.15, 0.2) is 46.9 Å². The third-order valence-electron chi connectivity index (χ3n) is 4.46. The number of ether oxygens (including phenoxy) is 1. The molecule has 0 spiro atoms. The Morgan fingerprint density at radius 3 is 2.65 bits per heavy atom. The molecule has 4 nitrogen and oxygen atoms in total. The predicted octanol–water partition coefficient (Wildman–Crippen LogP) is 3.68. The molecule has 0 amide bonds. The van der Waals surface area contributed by atoms with Crippen LogP contribution in [0, 0.1) is 0 Å². The van der Waals surface area contributed by atoms with Crippen LogP contribution < -0.4 is 15.4 Å². The van der Waals surface area contributed by atoms with E-state index in [1.165, 1.54) is 0 Å². The lowest BCUT2D eigenvalue weighted by molar-refractivity contribution is 0.240. The Morgan fingerprint density at radius 1 is 1.12 bits per heavy atom. The van der Waals surface area contributed by atoms with E-state index in [0.717, 1.165) is 72.2 Å². The van der Waals surface area contributed by atoms with Crippen molar-refractivity contribution in [2.75, 3.05) is 39.3 Å². The van der Waals surface area contributed by atoms with Gasteiger partial charge in [0.15, 0.2) is 0 Å². The quantitative estimate of drug-likeness (QED) is 0.617. The summed E-state index contributed by atoms with van der Waals surface area (Å²) in [4.78, 5) is 2.49. The van der Waals surface area contributed by atoms with Crippen LogP contribution in [0.25, 0.3) is 0 Å². The summed E-state index contributed by atoms with van der Waals surface area (Å²) in [5, 5.41) is 7.67. The Balaban J connectivity index is 1.50. The fraction of sp³-hybridized carbons (Fsp3) is 0.400. The van der Waals surface area contributed by atoms with Gasteiger partial charge in [-0.15, -0.1) is 0 Å². The number of nitrogens with one attached hydrogen (secondary N) is 2. The van der Waals surface area contributed by atoms with Crippen molar-refractivity contribution in [3.05, 3.63) is 63.1 Å². The van der Waals surface area contributed by atoms with Crippen molar-refractivity contribution < 1.29 is 4.74 Å². The maximum atomic E-state index is 6.04. The first-order chi connectivity index (χ1) is 12.7. The summed E-state index contributed by atoms with van der Waals surface area (Å²) in [7, 11) is 0. The van der Waals surface area contributed by atoms with Gasteiger partial charge in [-0.3, -0.25) is 4.90 Å². The van der Waals surface area contributed by atoms with Gasteiger partial charge in [0.2, 0.25) is 0 Å². The van der Waals surface area contributed by atoms with Crippen LogP contribution >= 0.6 is 27.5 Å². The van der Waals surface area contributed by atoms with Gasteiger partial charge < -0.3 is 15.4 Å². The van der Waals surface area contributed by atoms with E-state index in [0.29, 0.717) is 6.61 Å². The van der Waals surface area contributed by atoms with Crippen molar-refractivity contribution in [2.45, 2.75) is 13.2 Å². The smallest absolute Gasteiger partial charge is 0.124 e. The van der Waals surface area contributed by atoms with Crippen LogP contribution in [0.2, 0.25) is 5.02 Å². The number of benzene rings is 2. The van der Waals surface area contributed by atoms with Gasteiger partial charge >= 0.3 is 0 Å². The average Bonchev–Trinajstić information content (AvgIpc) is 2.67. The fourth-order valence-corrected chi connectivity index (χ4v) is 3.50. The second kappa shape index (κ2) is 10.3. The normalized spacial score (nSPS) is 15.2. The van der Waals surface area contributed by atoms with Gasteiger partial charge in [-0.2, -0.15) is 0 Å². The molecule has 0 bridgehead atoms. The van der Waals surface area contributed by atoms with E-state index in [-0.39, 0.29) is 0 Å². The van der Waals surface area contributed by atoms with Gasteiger partial charge in [-0.05, 0) is 35.9 Å². The molecule has 3 rings (SSSR count). The van der Waals surface area contributed by atoms with Crippen molar-refractivity contribution in [3.63, 3.8) is 0 Å². The van der Waals surface area contributed by atoms with E-state index in [9.17, 15) is 0 Å². The minimum atomic E-state index is 0.534. The first-order valence-corrected chi connectivity index (χ1v) is 10.2. The average molecular weight is 439 g/mol. The number of hydrogen-bond acceptors (Lipinski definition) is 4. The van der Waals surface area contributed by atoms with Crippen LogP contribution in [0.5, 0.6) is 5.75 Å². The highest BCUT2D eigenvalue weighted by Gasteiger charge is 2.09. The second-order valence-electron chi connectivity index (χ2n) is 6.44. The van der Waals surface area contributed by atoms with Crippen LogP contribution in [-0.2, 0) is 13.2 Å². The van der Waals surface area contributed by atoms with Crippen LogP contribution in [0.3, 0.4) is 0 Å². The maximum absolute atomic E-state index is 6.04. The standard InChI is InChI=1S/C20H25BrClN3O/c21-18-3-6-20(26-15-16-1-4-19(22)5-2-16)17(13-18)14-24-9-12-25-10-7-23-8-11-25/h1-6,13,23-24H,7-12,14-15H2. The zero-order valence-corrected chi connectivity index (χ0v) is 17.2. The number of nitrogens with zero attached hydrogens (tertiary/aromatic N) is 1. The van der Waals surface area contributed by atoms with Crippen molar-refractivity contribution in [3.8, 4) is 5.75 Å². The Bertz CT molecular complexity index is 690. The van der Waals surface area contributed by atoms with Gasteiger partial charge in [0.05, 0.1) is 0 Å². The van der Waals surface area contributed by atoms with E-state index in [1.54, 1.807) is 0 Å². The molecule has 1 aliphatic rings. The molecule has 0 unspecified atom stereocenters. The van der Waals surface area contributed by atoms with E-state index in [2.05, 4.69) is 37.5 Å². The largest absolute Gasteiger partial charge is 0.489 e. The zero-order valence-electron chi connectivity index (χ0n) is 14.8. The summed E-state index contributed by atoms with van der Waals surface area (Å²) in [6.45, 7) is 7.83. The minimum absolute atomic E-state index is 0.534. The van der Waals surface area contributed by atoms with Crippen LogP contribution in [0.1, 0.15) is 11.1 Å². The minimum Gasteiger partial charge on any atom is -0.489 e. The first kappa shape index (κ1) is 19.6. The molecule has 0 aromatic heterocycles. The number of hydrogen-bond donors (Lipinski definition) is 2. The Kier molecular flexibility index (Phi) is 7.77. The molecule has 6 heteroatoms. The third kappa shape index (κ3) is 6.25. The number of rotatable bonds is 8. The molecule has 2 aromatic carbocycles. The summed E-state index contributed by atoms with van der Waals surface area (Å²) in [5.41, 5.74) is 2.27. The molecule has 0 radical (unpaired) electrons. The van der Waals surface area contributed by atoms with Crippen molar-refractivity contribution in [2.24, 2.45) is 0 Å². The van der Waals surface area contributed by atoms with Gasteiger partial charge in [0.1, 0.15) is 12.4 Å². The molecular formula is C20H25BrClN3O. The summed E-state index contributed by atoms with van der Waals surface area (Å²) in [5.74, 6) is 0.915. The van der Waals surface area contributed by atoms with Gasteiger partial charge in [0.25, 0.3) is 0 Å². The van der Waals surface area contributed by atoms with Gasteiger partial charge in [0, 0.05) is 60.9 Å². The molecule has 0 aliphatic carbocycles. The van der Waals surface area contributed by atoms with Gasteiger partial charge in [-0.25, -0.2) is 0 Å². The molecule has 1 fully saturated rings. The highest BCUT2D eigenvalue weighted by Crippen LogP contribution is 2.24. The molecular weight excluding hydrogens is 414 g/mol. The molecule has 0 saturated carbocycles. The highest BCUT2D eigenvalue weighted by atomic mass is 79.9. The lowest BCUT2D eigenvalue weighted by Gasteiger charge is -2.27. The van der Waals surface area contributed by atoms with E-state index < -0.39 is 0 Å². The summed E-state index contributed by atoms with van der Waals surface area (Å²) < 4.78 is 7.11. The van der Waals surface area contributed by atoms with E-state index in [4.69, 9.17) is 16.3 Å². The summed E-state index contributed by atoms with van der Waals surface area (Å²) in [6.07, 6.45) is 0. The number of piperazine rings is 1. The topological polar surface area (TPSA) is 36.5 Å². The lowest BCUT2D eigenvalue weighted by Crippen LogP contribution is -2.45. The van der Waals surface area contributed by atoms with E-state index >= 15 is 0 Å². The molecule has 1 heterocycles. The lowest BCUT2D eigenvalue weighted by atomic mass is 10.2. The predicted molar refractivity (Wildman–Crippen MR) is 111 cm³/mol. The van der Waals surface area contributed by atoms with Crippen molar-refractivity contribution in [1.82, 2.24) is 15.5 Å². The molecule has 26 heavy (non-hydrogen) atoms. The molecule has 1 saturated heterocycles. The Labute approximate surface area is 169 Å². The van der Waals surface area contributed by atoms with Gasteiger partial charge in [-0.1, -0.05) is 39.7 Å². The second-order valence-corrected chi connectivity index (χ2v) is 7.79. The third-order valence-corrected chi connectivity index (χ3v) is 5.21.